The molecule has 3 aliphatic rings. The van der Waals surface area contributed by atoms with Crippen molar-refractivity contribution in [2.24, 2.45) is 5.92 Å². The lowest BCUT2D eigenvalue weighted by molar-refractivity contribution is 0.174. The molecule has 0 unspecified atom stereocenters. The van der Waals surface area contributed by atoms with Crippen LogP contribution < -0.4 is 9.47 Å². The van der Waals surface area contributed by atoms with Crippen LogP contribution in [0.4, 0.5) is 0 Å². The average molecular weight is 401 g/mol. The number of hydrogen-bond acceptors (Lipinski definition) is 2. The zero-order valence-corrected chi connectivity index (χ0v) is 18.4. The van der Waals surface area contributed by atoms with Gasteiger partial charge in [0.25, 0.3) is 0 Å². The summed E-state index contributed by atoms with van der Waals surface area (Å²) in [7, 11) is 0. The number of aryl methyl sites for hydroxylation is 4. The van der Waals surface area contributed by atoms with Crippen LogP contribution in [0.2, 0.25) is 0 Å². The molecule has 1 aliphatic heterocycles. The van der Waals surface area contributed by atoms with Crippen molar-refractivity contribution in [1.82, 2.24) is 0 Å². The van der Waals surface area contributed by atoms with Gasteiger partial charge in [0, 0.05) is 0 Å². The van der Waals surface area contributed by atoms with Crippen molar-refractivity contribution in [3.05, 3.63) is 94.0 Å². The standard InChI is InChI=1S/2C10H12.C8H8O2/c1-8-5-6-9-3-2-4-10(9)7-8;1-8-6-9-4-2-3-5-10(9)7-8;1-6-2-3-7-8(4-6)10-5-9-7/h5-7H,2-4H2,1H3;2-5,8H,6-7H2,1H3;2-4H,5H2,1H3. The second-order valence-electron chi connectivity index (χ2n) is 8.76. The molecular weight excluding hydrogens is 368 g/mol. The fourth-order valence-electron chi connectivity index (χ4n) is 4.48. The number of hydrogen-bond donors (Lipinski definition) is 0. The van der Waals surface area contributed by atoms with Gasteiger partial charge in [0.2, 0.25) is 6.79 Å². The van der Waals surface area contributed by atoms with Crippen molar-refractivity contribution in [3.8, 4) is 11.5 Å². The van der Waals surface area contributed by atoms with Crippen LogP contribution in [0.15, 0.2) is 60.7 Å². The van der Waals surface area contributed by atoms with Gasteiger partial charge in [-0.25, -0.2) is 0 Å². The fraction of sp³-hybridized carbons (Fsp3) is 0.357. The van der Waals surface area contributed by atoms with E-state index in [2.05, 4.69) is 56.3 Å². The predicted octanol–water partition coefficient (Wildman–Crippen LogP) is 6.63. The van der Waals surface area contributed by atoms with Crippen molar-refractivity contribution in [1.29, 1.82) is 0 Å². The van der Waals surface area contributed by atoms with E-state index in [-0.39, 0.29) is 0 Å². The Morgan fingerprint density at radius 3 is 2.07 bits per heavy atom. The van der Waals surface area contributed by atoms with Crippen molar-refractivity contribution in [2.75, 3.05) is 6.79 Å². The Kier molecular flexibility index (Phi) is 6.42. The van der Waals surface area contributed by atoms with E-state index in [0.717, 1.165) is 17.4 Å². The maximum Gasteiger partial charge on any atom is 0.231 e. The minimum Gasteiger partial charge on any atom is -0.454 e. The van der Waals surface area contributed by atoms with E-state index < -0.39 is 0 Å². The van der Waals surface area contributed by atoms with E-state index in [1.54, 1.807) is 22.3 Å². The van der Waals surface area contributed by atoms with Crippen LogP contribution >= 0.6 is 0 Å². The molecular formula is C28H32O2. The van der Waals surface area contributed by atoms with Gasteiger partial charge in [0.15, 0.2) is 11.5 Å². The summed E-state index contributed by atoms with van der Waals surface area (Å²) in [5.41, 5.74) is 8.89. The summed E-state index contributed by atoms with van der Waals surface area (Å²) in [6.07, 6.45) is 6.54. The summed E-state index contributed by atoms with van der Waals surface area (Å²) in [6, 6.07) is 21.5. The third kappa shape index (κ3) is 5.05. The highest BCUT2D eigenvalue weighted by atomic mass is 16.7. The molecule has 2 aliphatic carbocycles. The van der Waals surface area contributed by atoms with Crippen molar-refractivity contribution >= 4 is 0 Å². The third-order valence-electron chi connectivity index (χ3n) is 6.04. The maximum atomic E-state index is 5.16. The summed E-state index contributed by atoms with van der Waals surface area (Å²) < 4.78 is 10.3. The Labute approximate surface area is 180 Å². The molecule has 0 radical (unpaired) electrons. The van der Waals surface area contributed by atoms with Gasteiger partial charge in [-0.1, -0.05) is 61.0 Å². The monoisotopic (exact) mass is 400 g/mol. The van der Waals surface area contributed by atoms with Crippen LogP contribution in [0.5, 0.6) is 11.5 Å². The normalized spacial score (nSPS) is 15.4. The number of ether oxygens (including phenoxy) is 2. The molecule has 6 rings (SSSR count). The fourth-order valence-corrected chi connectivity index (χ4v) is 4.48. The third-order valence-corrected chi connectivity index (χ3v) is 6.04. The summed E-state index contributed by atoms with van der Waals surface area (Å²) in [6.45, 7) is 6.87. The van der Waals surface area contributed by atoms with Crippen LogP contribution in [0.3, 0.4) is 0 Å². The molecule has 2 heteroatoms. The molecule has 156 valence electrons. The molecule has 0 saturated heterocycles. The number of fused-ring (bicyclic) bond motifs is 3. The second-order valence-corrected chi connectivity index (χ2v) is 8.76. The van der Waals surface area contributed by atoms with E-state index in [4.69, 9.17) is 9.47 Å². The quantitative estimate of drug-likeness (QED) is 0.422. The molecule has 2 nitrogen and oxygen atoms in total. The van der Waals surface area contributed by atoms with E-state index in [1.807, 2.05) is 25.1 Å². The van der Waals surface area contributed by atoms with Gasteiger partial charge in [-0.2, -0.15) is 0 Å². The molecule has 0 atom stereocenters. The Bertz CT molecular complexity index is 925. The minimum atomic E-state index is 0.360. The Morgan fingerprint density at radius 2 is 1.30 bits per heavy atom. The highest BCUT2D eigenvalue weighted by Crippen LogP contribution is 2.32. The van der Waals surface area contributed by atoms with Crippen molar-refractivity contribution in [2.45, 2.75) is 52.9 Å². The molecule has 0 fully saturated rings. The first-order valence-corrected chi connectivity index (χ1v) is 11.1. The summed E-state index contributed by atoms with van der Waals surface area (Å²) in [4.78, 5) is 0. The molecule has 0 amide bonds. The molecule has 3 aromatic rings. The first-order valence-electron chi connectivity index (χ1n) is 11.1. The zero-order valence-electron chi connectivity index (χ0n) is 18.4. The topological polar surface area (TPSA) is 18.5 Å². The predicted molar refractivity (Wildman–Crippen MR) is 124 cm³/mol. The number of rotatable bonds is 0. The largest absolute Gasteiger partial charge is 0.454 e. The van der Waals surface area contributed by atoms with Crippen LogP contribution in [-0.4, -0.2) is 6.79 Å². The Hall–Kier alpha value is -2.74. The molecule has 1 heterocycles. The molecule has 0 spiro atoms. The van der Waals surface area contributed by atoms with E-state index in [0.29, 0.717) is 6.79 Å². The Balaban J connectivity index is 0.000000109. The summed E-state index contributed by atoms with van der Waals surface area (Å²) in [5, 5.41) is 0. The molecule has 0 aromatic heterocycles. The minimum absolute atomic E-state index is 0.360. The molecule has 0 bridgehead atoms. The first-order chi connectivity index (χ1) is 14.6. The lowest BCUT2D eigenvalue weighted by Gasteiger charge is -1.98. The smallest absolute Gasteiger partial charge is 0.231 e. The molecule has 30 heavy (non-hydrogen) atoms. The van der Waals surface area contributed by atoms with Gasteiger partial charge in [0.1, 0.15) is 0 Å². The summed E-state index contributed by atoms with van der Waals surface area (Å²) >= 11 is 0. The Morgan fingerprint density at radius 1 is 0.667 bits per heavy atom. The van der Waals surface area contributed by atoms with E-state index in [1.165, 1.54) is 43.2 Å². The van der Waals surface area contributed by atoms with Crippen LogP contribution in [0.1, 0.15) is 46.7 Å². The van der Waals surface area contributed by atoms with Crippen LogP contribution in [0, 0.1) is 19.8 Å². The van der Waals surface area contributed by atoms with Gasteiger partial charge < -0.3 is 9.47 Å². The zero-order chi connectivity index (χ0) is 20.9. The van der Waals surface area contributed by atoms with E-state index in [9.17, 15) is 0 Å². The number of benzene rings is 3. The van der Waals surface area contributed by atoms with Gasteiger partial charge in [-0.05, 0) is 91.8 Å². The highest BCUT2D eigenvalue weighted by molar-refractivity contribution is 5.44. The molecule has 3 aromatic carbocycles. The first kappa shape index (κ1) is 20.5. The van der Waals surface area contributed by atoms with Gasteiger partial charge in [-0.15, -0.1) is 0 Å². The SMILES string of the molecule is CC1Cc2ccccc2C1.Cc1ccc2c(c1)CCC2.Cc1ccc2c(c1)OCO2. The van der Waals surface area contributed by atoms with Gasteiger partial charge in [0.05, 0.1) is 0 Å². The second kappa shape index (κ2) is 9.38. The van der Waals surface area contributed by atoms with Gasteiger partial charge in [-0.3, -0.25) is 0 Å². The van der Waals surface area contributed by atoms with Crippen LogP contribution in [0.25, 0.3) is 0 Å². The van der Waals surface area contributed by atoms with Crippen LogP contribution in [-0.2, 0) is 25.7 Å². The molecule has 0 saturated carbocycles. The van der Waals surface area contributed by atoms with Crippen molar-refractivity contribution < 1.29 is 9.47 Å². The molecule has 0 N–H and O–H groups in total. The summed E-state index contributed by atoms with van der Waals surface area (Å²) in [5.74, 6) is 2.59. The van der Waals surface area contributed by atoms with Crippen molar-refractivity contribution in [3.63, 3.8) is 0 Å². The maximum absolute atomic E-state index is 5.16. The van der Waals surface area contributed by atoms with Gasteiger partial charge >= 0.3 is 0 Å². The lowest BCUT2D eigenvalue weighted by Crippen LogP contribution is -1.92. The highest BCUT2D eigenvalue weighted by Gasteiger charge is 2.15. The van der Waals surface area contributed by atoms with E-state index >= 15 is 0 Å². The lowest BCUT2D eigenvalue weighted by atomic mass is 10.1. The average Bonchev–Trinajstić information content (AvgIpc) is 3.46.